The predicted molar refractivity (Wildman–Crippen MR) is 92.9 cm³/mol. The van der Waals surface area contributed by atoms with Crippen molar-refractivity contribution in [3.05, 3.63) is 23.9 Å². The first-order valence-corrected chi connectivity index (χ1v) is 9.10. The lowest BCUT2D eigenvalue weighted by Crippen LogP contribution is -2.57. The van der Waals surface area contributed by atoms with E-state index < -0.39 is 11.0 Å². The van der Waals surface area contributed by atoms with Crippen molar-refractivity contribution >= 4 is 11.7 Å². The fourth-order valence-electron chi connectivity index (χ4n) is 5.06. The van der Waals surface area contributed by atoms with Crippen LogP contribution in [0.25, 0.3) is 0 Å². The second-order valence-electron chi connectivity index (χ2n) is 8.57. The molecule has 2 fully saturated rings. The van der Waals surface area contributed by atoms with Gasteiger partial charge in [0.1, 0.15) is 11.4 Å². The van der Waals surface area contributed by atoms with Crippen molar-refractivity contribution in [2.24, 2.45) is 23.2 Å². The average molecular weight is 331 g/mol. The minimum atomic E-state index is -1.16. The van der Waals surface area contributed by atoms with E-state index in [1.807, 2.05) is 13.0 Å². The van der Waals surface area contributed by atoms with Crippen LogP contribution in [0.3, 0.4) is 0 Å². The Morgan fingerprint density at radius 2 is 1.96 bits per heavy atom. The molecule has 4 nitrogen and oxygen atoms in total. The van der Waals surface area contributed by atoms with Gasteiger partial charge in [-0.3, -0.25) is 9.59 Å². The number of carbonyl (C=O) groups is 2. The third kappa shape index (κ3) is 2.55. The Morgan fingerprint density at radius 1 is 1.25 bits per heavy atom. The highest BCUT2D eigenvalue weighted by Gasteiger charge is 2.63. The zero-order valence-corrected chi connectivity index (χ0v) is 15.0. The number of hydrogen-bond acceptors (Lipinski definition) is 3. The summed E-state index contributed by atoms with van der Waals surface area (Å²) in [5.74, 6) is 0.00902. The molecule has 1 heterocycles. The number of hydrogen-bond donors (Lipinski definition) is 2. The molecule has 1 saturated carbocycles. The van der Waals surface area contributed by atoms with Crippen LogP contribution in [-0.4, -0.2) is 22.4 Å². The third-order valence-electron chi connectivity index (χ3n) is 6.59. The summed E-state index contributed by atoms with van der Waals surface area (Å²) in [4.78, 5) is 24.7. The Labute approximate surface area is 144 Å². The fourth-order valence-corrected chi connectivity index (χ4v) is 5.06. The summed E-state index contributed by atoms with van der Waals surface area (Å²) in [5, 5.41) is 14.6. The van der Waals surface area contributed by atoms with Gasteiger partial charge in [-0.05, 0) is 37.5 Å². The molecule has 1 aliphatic heterocycles. The number of carbonyl (C=O) groups excluding carboxylic acids is 2. The standard InChI is InChI=1S/C20H29NO3/c1-12-5-6-14-7-8-16-18(23)21-17(20(16,24)19(14,3)4)11-13(2)10-15(22)9-12/h11,13-14,16,24H,1,5-10H2,2-4H3,(H,21,23)/b17-11+. The number of rotatable bonds is 0. The summed E-state index contributed by atoms with van der Waals surface area (Å²) < 4.78 is 0. The van der Waals surface area contributed by atoms with Crippen LogP contribution in [0.15, 0.2) is 23.9 Å². The molecule has 0 aromatic carbocycles. The molecule has 1 saturated heterocycles. The smallest absolute Gasteiger partial charge is 0.230 e. The molecule has 1 amide bonds. The van der Waals surface area contributed by atoms with E-state index in [1.54, 1.807) is 0 Å². The van der Waals surface area contributed by atoms with Gasteiger partial charge in [0.2, 0.25) is 5.91 Å². The number of aliphatic hydroxyl groups is 1. The van der Waals surface area contributed by atoms with E-state index in [-0.39, 0.29) is 23.5 Å². The Balaban J connectivity index is 2.07. The highest BCUT2D eigenvalue weighted by atomic mass is 16.3. The van der Waals surface area contributed by atoms with E-state index in [0.29, 0.717) is 30.9 Å². The van der Waals surface area contributed by atoms with E-state index in [2.05, 4.69) is 25.7 Å². The van der Waals surface area contributed by atoms with Crippen molar-refractivity contribution in [3.63, 3.8) is 0 Å². The predicted octanol–water partition coefficient (Wildman–Crippen LogP) is 3.12. The second-order valence-corrected chi connectivity index (χ2v) is 8.57. The summed E-state index contributed by atoms with van der Waals surface area (Å²) in [6.07, 6.45) is 6.14. The molecule has 3 aliphatic rings. The van der Waals surface area contributed by atoms with Crippen molar-refractivity contribution in [1.29, 1.82) is 0 Å². The van der Waals surface area contributed by atoms with Gasteiger partial charge in [0.25, 0.3) is 0 Å². The maximum Gasteiger partial charge on any atom is 0.230 e. The lowest BCUT2D eigenvalue weighted by Gasteiger charge is -2.52. The van der Waals surface area contributed by atoms with E-state index in [4.69, 9.17) is 0 Å². The first-order chi connectivity index (χ1) is 11.2. The van der Waals surface area contributed by atoms with Crippen LogP contribution in [0.5, 0.6) is 0 Å². The Morgan fingerprint density at radius 3 is 2.67 bits per heavy atom. The molecule has 0 aromatic heterocycles. The van der Waals surface area contributed by atoms with Crippen molar-refractivity contribution in [2.75, 3.05) is 0 Å². The Hall–Kier alpha value is -1.42. The SMILES string of the molecule is C=C1CCC2CCC3C(=O)N/C(=C/C(C)CC(=O)C1)C3(O)C2(C)C. The van der Waals surface area contributed by atoms with Gasteiger partial charge < -0.3 is 10.4 Å². The van der Waals surface area contributed by atoms with Crippen LogP contribution in [0.1, 0.15) is 59.3 Å². The zero-order valence-electron chi connectivity index (χ0n) is 15.0. The molecule has 4 unspecified atom stereocenters. The van der Waals surface area contributed by atoms with Gasteiger partial charge in [-0.15, -0.1) is 0 Å². The molecule has 2 aliphatic carbocycles. The number of ketones is 1. The van der Waals surface area contributed by atoms with E-state index >= 15 is 0 Å². The van der Waals surface area contributed by atoms with Crippen molar-refractivity contribution in [1.82, 2.24) is 5.32 Å². The highest BCUT2D eigenvalue weighted by Crippen LogP contribution is 2.57. The van der Waals surface area contributed by atoms with Crippen LogP contribution < -0.4 is 5.32 Å². The van der Waals surface area contributed by atoms with Gasteiger partial charge in [0.05, 0.1) is 5.92 Å². The largest absolute Gasteiger partial charge is 0.382 e. The van der Waals surface area contributed by atoms with Gasteiger partial charge in [0.15, 0.2) is 0 Å². The van der Waals surface area contributed by atoms with Crippen LogP contribution in [0.2, 0.25) is 0 Å². The summed E-state index contributed by atoms with van der Waals surface area (Å²) in [6.45, 7) is 10.2. The van der Waals surface area contributed by atoms with E-state index in [9.17, 15) is 14.7 Å². The number of amides is 1. The Bertz CT molecular complexity index is 618. The molecular weight excluding hydrogens is 302 g/mol. The molecule has 132 valence electrons. The van der Waals surface area contributed by atoms with Gasteiger partial charge in [-0.2, -0.15) is 0 Å². The molecule has 0 spiro atoms. The maximum absolute atomic E-state index is 12.5. The summed E-state index contributed by atoms with van der Waals surface area (Å²) >= 11 is 0. The van der Waals surface area contributed by atoms with Crippen LogP contribution in [-0.2, 0) is 9.59 Å². The number of fused-ring (bicyclic) bond motifs is 1. The van der Waals surface area contributed by atoms with E-state index in [0.717, 1.165) is 24.8 Å². The van der Waals surface area contributed by atoms with Crippen molar-refractivity contribution in [2.45, 2.75) is 64.9 Å². The van der Waals surface area contributed by atoms with Crippen molar-refractivity contribution < 1.29 is 14.7 Å². The fraction of sp³-hybridized carbons (Fsp3) is 0.700. The summed E-state index contributed by atoms with van der Waals surface area (Å²) in [7, 11) is 0. The van der Waals surface area contributed by atoms with Gasteiger partial charge >= 0.3 is 0 Å². The molecule has 0 radical (unpaired) electrons. The van der Waals surface area contributed by atoms with Crippen LogP contribution in [0, 0.1) is 23.2 Å². The number of nitrogens with one attached hydrogen (secondary N) is 1. The average Bonchev–Trinajstić information content (AvgIpc) is 2.70. The van der Waals surface area contributed by atoms with Crippen LogP contribution >= 0.6 is 0 Å². The highest BCUT2D eigenvalue weighted by molar-refractivity contribution is 5.87. The Kier molecular flexibility index (Phi) is 4.23. The quantitative estimate of drug-likeness (QED) is 0.670. The molecule has 4 atom stereocenters. The van der Waals surface area contributed by atoms with E-state index in [1.165, 1.54) is 0 Å². The third-order valence-corrected chi connectivity index (χ3v) is 6.59. The normalized spacial score (nSPS) is 41.8. The molecule has 24 heavy (non-hydrogen) atoms. The lowest BCUT2D eigenvalue weighted by atomic mass is 9.54. The molecule has 2 N–H and O–H groups in total. The molecule has 0 aromatic rings. The molecular formula is C20H29NO3. The van der Waals surface area contributed by atoms with Gasteiger partial charge in [-0.1, -0.05) is 39.0 Å². The van der Waals surface area contributed by atoms with Gasteiger partial charge in [0, 0.05) is 24.0 Å². The zero-order chi connectivity index (χ0) is 17.7. The van der Waals surface area contributed by atoms with Crippen molar-refractivity contribution in [3.8, 4) is 0 Å². The molecule has 4 heteroatoms. The molecule has 3 rings (SSSR count). The first kappa shape index (κ1) is 17.4. The molecule has 2 bridgehead atoms. The van der Waals surface area contributed by atoms with Gasteiger partial charge in [-0.25, -0.2) is 0 Å². The lowest BCUT2D eigenvalue weighted by molar-refractivity contribution is -0.148. The topological polar surface area (TPSA) is 66.4 Å². The van der Waals surface area contributed by atoms with Crippen LogP contribution in [0.4, 0.5) is 0 Å². The minimum Gasteiger partial charge on any atom is -0.382 e. The summed E-state index contributed by atoms with van der Waals surface area (Å²) in [5.41, 5.74) is 0.0454. The maximum atomic E-state index is 12.5. The monoisotopic (exact) mass is 331 g/mol. The summed E-state index contributed by atoms with van der Waals surface area (Å²) in [6, 6.07) is 0. The first-order valence-electron chi connectivity index (χ1n) is 9.10. The second kappa shape index (κ2) is 5.83. The number of Topliss-reactive ketones (excluding diaryl/α,β-unsaturated/α-hetero) is 1. The number of allylic oxidation sites excluding steroid dienone is 2. The minimum absolute atomic E-state index is 0.0148.